The second-order valence-corrected chi connectivity index (χ2v) is 9.53. The average molecular weight is 389 g/mol. The number of phenolic OH excluding ortho intramolecular Hbond substituents is 1. The molecule has 1 fully saturated rings. The van der Waals surface area contributed by atoms with E-state index in [4.69, 9.17) is 13.7 Å². The summed E-state index contributed by atoms with van der Waals surface area (Å²) in [6, 6.07) is 8.15. The maximum atomic E-state index is 12.9. The van der Waals surface area contributed by atoms with Gasteiger partial charge in [0.25, 0.3) is 0 Å². The molecule has 1 N–H and O–H groups in total. The molecule has 2 heterocycles. The van der Waals surface area contributed by atoms with Gasteiger partial charge in [-0.1, -0.05) is 6.07 Å². The van der Waals surface area contributed by atoms with Crippen LogP contribution >= 0.6 is 7.37 Å². The van der Waals surface area contributed by atoms with Crippen LogP contribution in [0.25, 0.3) is 21.9 Å². The highest BCUT2D eigenvalue weighted by atomic mass is 31.2. The fourth-order valence-electron chi connectivity index (χ4n) is 3.25. The predicted molar refractivity (Wildman–Crippen MR) is 105 cm³/mol. The molecule has 0 atom stereocenters. The van der Waals surface area contributed by atoms with Gasteiger partial charge in [0.15, 0.2) is 11.3 Å². The topological polar surface area (TPSA) is 89.2 Å². The average Bonchev–Trinajstić information content (AvgIpc) is 2.61. The van der Waals surface area contributed by atoms with Gasteiger partial charge in [-0.15, -0.1) is 0 Å². The highest BCUT2D eigenvalue weighted by Gasteiger charge is 2.20. The number of hydrogen-bond acceptors (Lipinski definition) is 7. The van der Waals surface area contributed by atoms with Crippen LogP contribution < -0.4 is 14.9 Å². The Kier molecular flexibility index (Phi) is 4.36. The van der Waals surface area contributed by atoms with E-state index < -0.39 is 7.37 Å². The zero-order valence-electron chi connectivity index (χ0n) is 15.1. The molecule has 4 rings (SSSR count). The van der Waals surface area contributed by atoms with Gasteiger partial charge in [0.05, 0.1) is 18.6 Å². The molecule has 0 aliphatic carbocycles. The lowest BCUT2D eigenvalue weighted by Gasteiger charge is -2.29. The van der Waals surface area contributed by atoms with E-state index in [1.165, 1.54) is 13.3 Å². The van der Waals surface area contributed by atoms with E-state index in [9.17, 15) is 14.5 Å². The van der Waals surface area contributed by atoms with Crippen molar-refractivity contribution >= 4 is 35.0 Å². The lowest BCUT2D eigenvalue weighted by molar-refractivity contribution is 0.122. The molecule has 0 amide bonds. The summed E-state index contributed by atoms with van der Waals surface area (Å²) >= 11 is 0. The maximum Gasteiger partial charge on any atom is 0.242 e. The monoisotopic (exact) mass is 389 g/mol. The van der Waals surface area contributed by atoms with Crippen molar-refractivity contribution in [2.24, 2.45) is 0 Å². The lowest BCUT2D eigenvalue weighted by Crippen LogP contribution is -2.36. The van der Waals surface area contributed by atoms with Crippen LogP contribution in [-0.2, 0) is 9.30 Å². The number of aromatic hydroxyl groups is 1. The molecule has 1 aliphatic rings. The normalized spacial score (nSPS) is 15.4. The highest BCUT2D eigenvalue weighted by Crippen LogP contribution is 2.42. The van der Waals surface area contributed by atoms with Gasteiger partial charge >= 0.3 is 0 Å². The van der Waals surface area contributed by atoms with Crippen molar-refractivity contribution in [3.63, 3.8) is 0 Å². The molecule has 0 saturated carbocycles. The van der Waals surface area contributed by atoms with Crippen molar-refractivity contribution in [1.29, 1.82) is 0 Å². The molecule has 1 aliphatic heterocycles. The van der Waals surface area contributed by atoms with Crippen LogP contribution in [0.5, 0.6) is 11.5 Å². The Morgan fingerprint density at radius 1 is 1.19 bits per heavy atom. The van der Waals surface area contributed by atoms with Crippen molar-refractivity contribution in [2.75, 3.05) is 44.5 Å². The Morgan fingerprint density at radius 2 is 1.93 bits per heavy atom. The Balaban J connectivity index is 1.95. The smallest absolute Gasteiger partial charge is 0.242 e. The molecule has 3 aromatic rings. The number of anilines is 1. The standard InChI is InChI=1S/C19H20NO6P/c1-27(2,23)26-15-5-3-4-13-18(22)17-14(21)10-12(11-16(17)25-19(13)15)20-6-8-24-9-7-20/h3-5,10-11,21H,6-9H2,1-2H3. The minimum absolute atomic E-state index is 0.118. The zero-order chi connectivity index (χ0) is 19.2. The molecular weight excluding hydrogens is 369 g/mol. The van der Waals surface area contributed by atoms with Crippen LogP contribution in [0.4, 0.5) is 5.69 Å². The summed E-state index contributed by atoms with van der Waals surface area (Å²) in [5.74, 6) is 0.115. The maximum absolute atomic E-state index is 12.9. The molecule has 1 saturated heterocycles. The first-order valence-electron chi connectivity index (χ1n) is 8.63. The minimum Gasteiger partial charge on any atom is -0.507 e. The van der Waals surface area contributed by atoms with E-state index in [-0.39, 0.29) is 38.9 Å². The van der Waals surface area contributed by atoms with Crippen LogP contribution in [0.1, 0.15) is 0 Å². The SMILES string of the molecule is CP(C)(=O)Oc1cccc2c(=O)c3c(O)cc(N4CCOCC4)cc3oc12. The number of rotatable bonds is 3. The number of para-hydroxylation sites is 1. The van der Waals surface area contributed by atoms with E-state index in [1.54, 1.807) is 30.3 Å². The Hall–Kier alpha value is -2.50. The number of hydrogen-bond donors (Lipinski definition) is 1. The lowest BCUT2D eigenvalue weighted by atomic mass is 10.1. The third-order valence-corrected chi connectivity index (χ3v) is 5.06. The summed E-state index contributed by atoms with van der Waals surface area (Å²) < 4.78 is 28.9. The van der Waals surface area contributed by atoms with Crippen LogP contribution in [0, 0.1) is 0 Å². The van der Waals surface area contributed by atoms with Gasteiger partial charge in [0, 0.05) is 44.2 Å². The summed E-state index contributed by atoms with van der Waals surface area (Å²) in [4.78, 5) is 15.0. The van der Waals surface area contributed by atoms with Crippen molar-refractivity contribution in [2.45, 2.75) is 0 Å². The molecule has 7 nitrogen and oxygen atoms in total. The predicted octanol–water partition coefficient (Wildman–Crippen LogP) is 3.40. The van der Waals surface area contributed by atoms with Crippen LogP contribution in [0.3, 0.4) is 0 Å². The first-order chi connectivity index (χ1) is 12.8. The molecule has 142 valence electrons. The van der Waals surface area contributed by atoms with Crippen LogP contribution in [0.15, 0.2) is 39.5 Å². The van der Waals surface area contributed by atoms with Gasteiger partial charge in [-0.3, -0.25) is 9.36 Å². The van der Waals surface area contributed by atoms with Crippen molar-refractivity contribution in [3.05, 3.63) is 40.6 Å². The highest BCUT2D eigenvalue weighted by molar-refractivity contribution is 7.57. The number of ether oxygens (including phenoxy) is 1. The molecule has 0 bridgehead atoms. The minimum atomic E-state index is -2.84. The van der Waals surface area contributed by atoms with E-state index in [0.29, 0.717) is 26.3 Å². The third kappa shape index (κ3) is 3.40. The van der Waals surface area contributed by atoms with Gasteiger partial charge in [0.2, 0.25) is 12.8 Å². The summed E-state index contributed by atoms with van der Waals surface area (Å²) in [6.45, 7) is 5.56. The third-order valence-electron chi connectivity index (χ3n) is 4.42. The van der Waals surface area contributed by atoms with Crippen molar-refractivity contribution in [3.8, 4) is 11.5 Å². The first-order valence-corrected chi connectivity index (χ1v) is 11.2. The summed E-state index contributed by atoms with van der Waals surface area (Å²) in [5, 5.41) is 10.9. The van der Waals surface area contributed by atoms with Crippen molar-refractivity contribution in [1.82, 2.24) is 0 Å². The largest absolute Gasteiger partial charge is 0.507 e. The Bertz CT molecular complexity index is 1130. The van der Waals surface area contributed by atoms with Crippen molar-refractivity contribution < 1.29 is 23.3 Å². The second-order valence-electron chi connectivity index (χ2n) is 6.84. The van der Waals surface area contributed by atoms with Gasteiger partial charge in [0.1, 0.15) is 16.7 Å². The van der Waals surface area contributed by atoms with Gasteiger partial charge in [-0.25, -0.2) is 0 Å². The molecule has 0 unspecified atom stereocenters. The van der Waals surface area contributed by atoms with Crippen LogP contribution in [-0.4, -0.2) is 44.7 Å². The number of phenols is 1. The molecule has 0 radical (unpaired) electrons. The number of morpholine rings is 1. The number of benzene rings is 2. The zero-order valence-corrected chi connectivity index (χ0v) is 16.0. The Labute approximate surface area is 155 Å². The molecule has 8 heteroatoms. The first kappa shape index (κ1) is 17.9. The van der Waals surface area contributed by atoms with Gasteiger partial charge in [-0.2, -0.15) is 0 Å². The van der Waals surface area contributed by atoms with E-state index in [2.05, 4.69) is 4.90 Å². The molecule has 27 heavy (non-hydrogen) atoms. The second kappa shape index (κ2) is 6.59. The quantitative estimate of drug-likeness (QED) is 0.542. The molecule has 1 aromatic heterocycles. The number of fused-ring (bicyclic) bond motifs is 2. The molecule has 2 aromatic carbocycles. The number of nitrogens with zero attached hydrogens (tertiary/aromatic N) is 1. The molecular formula is C19H20NO6P. The summed E-state index contributed by atoms with van der Waals surface area (Å²) in [7, 11) is -2.84. The fourth-order valence-corrected chi connectivity index (χ4v) is 3.87. The van der Waals surface area contributed by atoms with E-state index in [1.807, 2.05) is 0 Å². The van der Waals surface area contributed by atoms with Gasteiger partial charge in [-0.05, 0) is 12.1 Å². The van der Waals surface area contributed by atoms with Crippen LogP contribution in [0.2, 0.25) is 0 Å². The molecule has 0 spiro atoms. The van der Waals surface area contributed by atoms with Gasteiger partial charge < -0.3 is 23.7 Å². The summed E-state index contributed by atoms with van der Waals surface area (Å²) in [6.07, 6.45) is 0. The Morgan fingerprint density at radius 3 is 2.63 bits per heavy atom. The van der Waals surface area contributed by atoms with E-state index in [0.717, 1.165) is 5.69 Å². The fraction of sp³-hybridized carbons (Fsp3) is 0.316. The summed E-state index contributed by atoms with van der Waals surface area (Å²) in [5.41, 5.74) is 0.871. The van der Waals surface area contributed by atoms with E-state index >= 15 is 0 Å².